The number of H-pyrrole nitrogens is 1. The fourth-order valence-corrected chi connectivity index (χ4v) is 7.90. The number of rotatable bonds is 1. The van der Waals surface area contributed by atoms with Gasteiger partial charge in [-0.3, -0.25) is 0 Å². The summed E-state index contributed by atoms with van der Waals surface area (Å²) in [4.78, 5) is 7.46. The molecule has 0 aliphatic heterocycles. The van der Waals surface area contributed by atoms with E-state index in [2.05, 4.69) is 64.8 Å². The molecule has 3 heteroatoms. The van der Waals surface area contributed by atoms with Crippen LogP contribution in [0, 0.1) is 6.92 Å². The number of benzene rings is 1. The number of fused-ring (bicyclic) bond motifs is 1. The van der Waals surface area contributed by atoms with Gasteiger partial charge in [-0.05, 0) is 0 Å². The van der Waals surface area contributed by atoms with Crippen LogP contribution in [0.2, 0.25) is 14.8 Å². The molecule has 1 aromatic heterocycles. The van der Waals surface area contributed by atoms with Crippen molar-refractivity contribution in [2.24, 2.45) is 0 Å². The monoisotopic (exact) mass is 352 g/mol. The average Bonchev–Trinajstić information content (AvgIpc) is 2.56. The minimum atomic E-state index is -2.11. The summed E-state index contributed by atoms with van der Waals surface area (Å²) in [5.74, 6) is 0. The number of nitrogens with zero attached hydrogens (tertiary/aromatic N) is 1. The minimum absolute atomic E-state index is 0.174. The van der Waals surface area contributed by atoms with Gasteiger partial charge in [0.15, 0.2) is 0 Å². The molecule has 0 aliphatic rings. The van der Waals surface area contributed by atoms with Gasteiger partial charge in [0.05, 0.1) is 0 Å². The van der Waals surface area contributed by atoms with Gasteiger partial charge >= 0.3 is 114 Å². The first kappa shape index (κ1) is 13.9. The summed E-state index contributed by atoms with van der Waals surface area (Å²) in [7, 11) is 0. The van der Waals surface area contributed by atoms with Crippen molar-refractivity contribution < 1.29 is 0 Å². The van der Waals surface area contributed by atoms with Gasteiger partial charge < -0.3 is 0 Å². The molecule has 0 bridgehead atoms. The summed E-state index contributed by atoms with van der Waals surface area (Å²) in [6, 6.07) is 4.52. The SMILES string of the molecule is Cc1[nH]nc2cc[c]([Sn]([CH3])([CH3])[CH3])c(C(C)(C)C)c12. The van der Waals surface area contributed by atoms with Crippen LogP contribution in [0.5, 0.6) is 0 Å². The second kappa shape index (κ2) is 4.26. The first-order chi connectivity index (χ1) is 8.12. The van der Waals surface area contributed by atoms with E-state index >= 15 is 0 Å². The predicted molar refractivity (Wildman–Crippen MR) is 82.5 cm³/mol. The molecule has 1 heterocycles. The van der Waals surface area contributed by atoms with E-state index < -0.39 is 18.4 Å². The molecule has 2 aromatic rings. The van der Waals surface area contributed by atoms with E-state index in [-0.39, 0.29) is 5.41 Å². The first-order valence-electron chi connectivity index (χ1n) is 6.61. The fourth-order valence-electron chi connectivity index (χ4n) is 2.67. The number of aromatic nitrogens is 2. The van der Waals surface area contributed by atoms with Crippen molar-refractivity contribution in [2.75, 3.05) is 0 Å². The topological polar surface area (TPSA) is 28.7 Å². The third-order valence-corrected chi connectivity index (χ3v) is 9.26. The Balaban J connectivity index is 2.93. The Morgan fingerprint density at radius 2 is 1.72 bits per heavy atom. The van der Waals surface area contributed by atoms with Gasteiger partial charge in [-0.2, -0.15) is 0 Å². The van der Waals surface area contributed by atoms with Crippen molar-refractivity contribution in [3.05, 3.63) is 23.4 Å². The molecule has 0 spiro atoms. The van der Waals surface area contributed by atoms with Gasteiger partial charge in [-0.1, -0.05) is 0 Å². The van der Waals surface area contributed by atoms with Crippen molar-refractivity contribution in [3.8, 4) is 0 Å². The van der Waals surface area contributed by atoms with Crippen LogP contribution >= 0.6 is 0 Å². The van der Waals surface area contributed by atoms with Crippen LogP contribution in [-0.2, 0) is 5.41 Å². The van der Waals surface area contributed by atoms with E-state index in [0.717, 1.165) is 5.52 Å². The van der Waals surface area contributed by atoms with Crippen molar-refractivity contribution in [2.45, 2.75) is 47.9 Å². The van der Waals surface area contributed by atoms with Crippen LogP contribution < -0.4 is 3.58 Å². The molecule has 0 aliphatic carbocycles. The zero-order chi connectivity index (χ0) is 13.7. The second-order valence-corrected chi connectivity index (χ2v) is 21.6. The molecule has 1 N–H and O–H groups in total. The van der Waals surface area contributed by atoms with Gasteiger partial charge in [0.25, 0.3) is 0 Å². The van der Waals surface area contributed by atoms with Crippen molar-refractivity contribution in [1.29, 1.82) is 0 Å². The van der Waals surface area contributed by atoms with E-state index in [4.69, 9.17) is 0 Å². The maximum absolute atomic E-state index is 4.41. The standard InChI is InChI=1S/C12H15N2.3CH3.Sn/c1-8-11-9(12(2,3)4)6-5-7-10(11)14-13-8;;;;/h5,7H,1-4H3,(H,13,14);3*1H3;. The summed E-state index contributed by atoms with van der Waals surface area (Å²) >= 11 is -2.11. The fraction of sp³-hybridized carbons (Fsp3) is 0.533. The van der Waals surface area contributed by atoms with E-state index in [9.17, 15) is 0 Å². The summed E-state index contributed by atoms with van der Waals surface area (Å²) < 4.78 is 1.63. The van der Waals surface area contributed by atoms with Crippen molar-refractivity contribution in [3.63, 3.8) is 0 Å². The van der Waals surface area contributed by atoms with Crippen molar-refractivity contribution >= 4 is 32.9 Å². The van der Waals surface area contributed by atoms with E-state index in [1.165, 1.54) is 16.6 Å². The number of aryl methyl sites for hydroxylation is 1. The maximum atomic E-state index is 4.41. The van der Waals surface area contributed by atoms with Crippen LogP contribution in [0.15, 0.2) is 12.1 Å². The third kappa shape index (κ3) is 2.31. The zero-order valence-corrected chi connectivity index (χ0v) is 15.5. The Labute approximate surface area is 114 Å². The molecule has 2 nitrogen and oxygen atoms in total. The van der Waals surface area contributed by atoms with Gasteiger partial charge in [0.1, 0.15) is 0 Å². The Kier molecular flexibility index (Phi) is 3.29. The third-order valence-electron chi connectivity index (χ3n) is 3.46. The summed E-state index contributed by atoms with van der Waals surface area (Å²) in [6.45, 7) is 9.08. The van der Waals surface area contributed by atoms with Crippen LogP contribution in [0.25, 0.3) is 10.9 Å². The number of hydrogen-bond acceptors (Lipinski definition) is 1. The summed E-state index contributed by atoms with van der Waals surface area (Å²) in [5.41, 5.74) is 4.01. The molecule has 0 fully saturated rings. The predicted octanol–water partition coefficient (Wildman–Crippen LogP) is 3.71. The van der Waals surface area contributed by atoms with Gasteiger partial charge in [0, 0.05) is 0 Å². The number of nitrogens with one attached hydrogen (secondary N) is 1. The second-order valence-electron chi connectivity index (χ2n) is 7.23. The zero-order valence-electron chi connectivity index (χ0n) is 12.6. The Bertz CT molecular complexity index is 583. The molecule has 0 amide bonds. The summed E-state index contributed by atoms with van der Waals surface area (Å²) in [6.07, 6.45) is 0. The van der Waals surface area contributed by atoms with Crippen LogP contribution in [0.4, 0.5) is 0 Å². The molecular weight excluding hydrogens is 327 g/mol. The van der Waals surface area contributed by atoms with Crippen LogP contribution in [-0.4, -0.2) is 28.6 Å². The molecular formula is C15H24N2Sn. The number of hydrogen-bond donors (Lipinski definition) is 1. The molecule has 0 radical (unpaired) electrons. The Hall–Kier alpha value is -0.511. The van der Waals surface area contributed by atoms with Gasteiger partial charge in [-0.25, -0.2) is 0 Å². The molecule has 0 atom stereocenters. The summed E-state index contributed by atoms with van der Waals surface area (Å²) in [5, 5.41) is 8.91. The van der Waals surface area contributed by atoms with E-state index in [0.29, 0.717) is 0 Å². The molecule has 2 rings (SSSR count). The quantitative estimate of drug-likeness (QED) is 0.780. The first-order valence-corrected chi connectivity index (χ1v) is 16.6. The van der Waals surface area contributed by atoms with Gasteiger partial charge in [0.2, 0.25) is 0 Å². The van der Waals surface area contributed by atoms with E-state index in [1.54, 1.807) is 3.58 Å². The number of aromatic amines is 1. The van der Waals surface area contributed by atoms with Crippen molar-refractivity contribution in [1.82, 2.24) is 10.2 Å². The molecule has 1 aromatic carbocycles. The van der Waals surface area contributed by atoms with Crippen LogP contribution in [0.3, 0.4) is 0 Å². The Morgan fingerprint density at radius 3 is 2.22 bits per heavy atom. The Morgan fingerprint density at radius 1 is 1.11 bits per heavy atom. The molecule has 0 saturated carbocycles. The molecule has 18 heavy (non-hydrogen) atoms. The normalized spacial score (nSPS) is 13.3. The van der Waals surface area contributed by atoms with Crippen LogP contribution in [0.1, 0.15) is 32.0 Å². The molecule has 0 unspecified atom stereocenters. The average molecular weight is 351 g/mol. The van der Waals surface area contributed by atoms with E-state index in [1.807, 2.05) is 0 Å². The van der Waals surface area contributed by atoms with Gasteiger partial charge in [-0.15, -0.1) is 0 Å². The molecule has 98 valence electrons. The molecule has 0 saturated heterocycles.